The molecule has 4 heteroatoms. The second-order valence-corrected chi connectivity index (χ2v) is 4.65. The van der Waals surface area contributed by atoms with Gasteiger partial charge in [0.2, 0.25) is 5.92 Å². The van der Waals surface area contributed by atoms with E-state index in [0.29, 0.717) is 13.2 Å². The molecule has 0 bridgehead atoms. The molecule has 1 N–H and O–H groups in total. The number of rotatable bonds is 3. The lowest BCUT2D eigenvalue weighted by Gasteiger charge is -2.44. The maximum absolute atomic E-state index is 12.8. The highest BCUT2D eigenvalue weighted by atomic mass is 19.3. The first kappa shape index (κ1) is 10.3. The van der Waals surface area contributed by atoms with Crippen molar-refractivity contribution in [1.82, 2.24) is 5.32 Å². The fourth-order valence-corrected chi connectivity index (χ4v) is 2.72. The van der Waals surface area contributed by atoms with Gasteiger partial charge >= 0.3 is 0 Å². The lowest BCUT2D eigenvalue weighted by atomic mass is 9.65. The van der Waals surface area contributed by atoms with Crippen molar-refractivity contribution in [2.24, 2.45) is 5.41 Å². The van der Waals surface area contributed by atoms with Gasteiger partial charge in [-0.1, -0.05) is 0 Å². The van der Waals surface area contributed by atoms with E-state index in [1.165, 1.54) is 0 Å². The smallest absolute Gasteiger partial charge is 0.249 e. The zero-order valence-corrected chi connectivity index (χ0v) is 8.48. The topological polar surface area (TPSA) is 21.3 Å². The molecule has 1 aliphatic carbocycles. The van der Waals surface area contributed by atoms with Gasteiger partial charge in [0.15, 0.2) is 0 Å². The van der Waals surface area contributed by atoms with Crippen LogP contribution in [0, 0.1) is 5.41 Å². The molecule has 0 aromatic rings. The monoisotopic (exact) mass is 205 g/mol. The highest BCUT2D eigenvalue weighted by molar-refractivity contribution is 5.05. The largest absolute Gasteiger partial charge is 0.380 e. The molecule has 2 aliphatic rings. The Balaban J connectivity index is 1.78. The molecule has 82 valence electrons. The zero-order valence-electron chi connectivity index (χ0n) is 8.48. The lowest BCUT2D eigenvalue weighted by molar-refractivity contribution is -0.153. The summed E-state index contributed by atoms with van der Waals surface area (Å²) in [6.07, 6.45) is 0.980. The van der Waals surface area contributed by atoms with Crippen molar-refractivity contribution >= 4 is 0 Å². The Morgan fingerprint density at radius 2 is 2.14 bits per heavy atom. The van der Waals surface area contributed by atoms with E-state index >= 15 is 0 Å². The standard InChI is InChI=1S/C10H17F2NO/c1-2-14-4-8-3-9(7-13-8)5-10(11,12)6-9/h8,13H,2-7H2,1H3/t8-/m0/s1. The second kappa shape index (κ2) is 3.42. The van der Waals surface area contributed by atoms with Gasteiger partial charge in [0, 0.05) is 32.0 Å². The number of ether oxygens (including phenoxy) is 1. The van der Waals surface area contributed by atoms with Crippen LogP contribution in [-0.4, -0.2) is 31.7 Å². The van der Waals surface area contributed by atoms with Crippen molar-refractivity contribution in [2.45, 2.75) is 38.2 Å². The molecule has 2 rings (SSSR count). The molecule has 1 saturated carbocycles. The Morgan fingerprint density at radius 1 is 1.43 bits per heavy atom. The summed E-state index contributed by atoms with van der Waals surface area (Å²) in [5, 5.41) is 3.26. The van der Waals surface area contributed by atoms with E-state index < -0.39 is 5.92 Å². The molecule has 0 aromatic carbocycles. The van der Waals surface area contributed by atoms with Crippen LogP contribution in [0.4, 0.5) is 8.78 Å². The Bertz CT molecular complexity index is 212. The van der Waals surface area contributed by atoms with Gasteiger partial charge in [-0.05, 0) is 18.8 Å². The maximum Gasteiger partial charge on any atom is 0.249 e. The molecule has 1 spiro atoms. The first-order valence-corrected chi connectivity index (χ1v) is 5.24. The van der Waals surface area contributed by atoms with E-state index in [1.54, 1.807) is 0 Å². The molecule has 2 fully saturated rings. The second-order valence-electron chi connectivity index (χ2n) is 4.65. The number of hydrogen-bond acceptors (Lipinski definition) is 2. The molecule has 14 heavy (non-hydrogen) atoms. The zero-order chi connectivity index (χ0) is 10.2. The van der Waals surface area contributed by atoms with E-state index in [1.807, 2.05) is 6.92 Å². The van der Waals surface area contributed by atoms with Crippen molar-refractivity contribution in [3.8, 4) is 0 Å². The van der Waals surface area contributed by atoms with Gasteiger partial charge in [-0.25, -0.2) is 8.78 Å². The van der Waals surface area contributed by atoms with Crippen molar-refractivity contribution in [3.05, 3.63) is 0 Å². The molecule has 1 heterocycles. The molecule has 0 unspecified atom stereocenters. The third kappa shape index (κ3) is 1.91. The predicted molar refractivity (Wildman–Crippen MR) is 49.5 cm³/mol. The quantitative estimate of drug-likeness (QED) is 0.758. The van der Waals surface area contributed by atoms with Gasteiger partial charge in [0.05, 0.1) is 6.61 Å². The van der Waals surface area contributed by atoms with Gasteiger partial charge in [-0.2, -0.15) is 0 Å². The third-order valence-corrected chi connectivity index (χ3v) is 3.24. The average molecular weight is 205 g/mol. The van der Waals surface area contributed by atoms with Crippen molar-refractivity contribution in [2.75, 3.05) is 19.8 Å². The van der Waals surface area contributed by atoms with E-state index in [2.05, 4.69) is 5.32 Å². The van der Waals surface area contributed by atoms with Crippen molar-refractivity contribution < 1.29 is 13.5 Å². The summed E-state index contributed by atoms with van der Waals surface area (Å²) in [4.78, 5) is 0. The van der Waals surface area contributed by atoms with Gasteiger partial charge in [-0.15, -0.1) is 0 Å². The minimum Gasteiger partial charge on any atom is -0.380 e. The lowest BCUT2D eigenvalue weighted by Crippen LogP contribution is -2.47. The van der Waals surface area contributed by atoms with Gasteiger partial charge < -0.3 is 10.1 Å². The molecule has 1 saturated heterocycles. The molecule has 0 radical (unpaired) electrons. The highest BCUT2D eigenvalue weighted by Crippen LogP contribution is 2.55. The predicted octanol–water partition coefficient (Wildman–Crippen LogP) is 1.80. The summed E-state index contributed by atoms with van der Waals surface area (Å²) in [7, 11) is 0. The Hall–Kier alpha value is -0.220. The fraction of sp³-hybridized carbons (Fsp3) is 1.00. The Morgan fingerprint density at radius 3 is 2.71 bits per heavy atom. The van der Waals surface area contributed by atoms with E-state index in [0.717, 1.165) is 13.0 Å². The fourth-order valence-electron chi connectivity index (χ4n) is 2.72. The SMILES string of the molecule is CCOC[C@@H]1CC2(CN1)CC(F)(F)C2. The van der Waals surface area contributed by atoms with Crippen LogP contribution >= 0.6 is 0 Å². The summed E-state index contributed by atoms with van der Waals surface area (Å²) in [6.45, 7) is 4.04. The first-order chi connectivity index (χ1) is 6.55. The molecule has 0 aromatic heterocycles. The van der Waals surface area contributed by atoms with Crippen LogP contribution in [0.2, 0.25) is 0 Å². The normalized spacial score (nSPS) is 33.2. The maximum atomic E-state index is 12.8. The van der Waals surface area contributed by atoms with Crippen molar-refractivity contribution in [3.63, 3.8) is 0 Å². The van der Waals surface area contributed by atoms with Crippen LogP contribution in [0.25, 0.3) is 0 Å². The molecule has 1 aliphatic heterocycles. The van der Waals surface area contributed by atoms with Crippen LogP contribution in [0.15, 0.2) is 0 Å². The molecule has 1 atom stereocenters. The van der Waals surface area contributed by atoms with Crippen LogP contribution in [0.5, 0.6) is 0 Å². The van der Waals surface area contributed by atoms with Gasteiger partial charge in [0.1, 0.15) is 0 Å². The number of alkyl halides is 2. The summed E-state index contributed by atoms with van der Waals surface area (Å²) < 4.78 is 30.8. The van der Waals surface area contributed by atoms with E-state index in [9.17, 15) is 8.78 Å². The number of halogens is 2. The van der Waals surface area contributed by atoms with Crippen molar-refractivity contribution in [1.29, 1.82) is 0 Å². The molecule has 2 nitrogen and oxygen atoms in total. The molecular formula is C10H17F2NO. The third-order valence-electron chi connectivity index (χ3n) is 3.24. The summed E-state index contributed by atoms with van der Waals surface area (Å²) in [5.41, 5.74) is -0.120. The van der Waals surface area contributed by atoms with E-state index in [-0.39, 0.29) is 24.3 Å². The Labute approximate surface area is 83.0 Å². The van der Waals surface area contributed by atoms with Crippen LogP contribution in [0.3, 0.4) is 0 Å². The average Bonchev–Trinajstić information content (AvgIpc) is 2.43. The summed E-state index contributed by atoms with van der Waals surface area (Å²) in [5.74, 6) is -2.40. The van der Waals surface area contributed by atoms with Crippen LogP contribution < -0.4 is 5.32 Å². The van der Waals surface area contributed by atoms with E-state index in [4.69, 9.17) is 4.74 Å². The van der Waals surface area contributed by atoms with Gasteiger partial charge in [-0.3, -0.25) is 0 Å². The Kier molecular flexibility index (Phi) is 2.52. The van der Waals surface area contributed by atoms with Crippen LogP contribution in [-0.2, 0) is 4.74 Å². The minimum atomic E-state index is -2.40. The summed E-state index contributed by atoms with van der Waals surface area (Å²) in [6, 6.07) is 0.283. The van der Waals surface area contributed by atoms with Gasteiger partial charge in [0.25, 0.3) is 0 Å². The van der Waals surface area contributed by atoms with Crippen LogP contribution in [0.1, 0.15) is 26.2 Å². The summed E-state index contributed by atoms with van der Waals surface area (Å²) >= 11 is 0. The molecular weight excluding hydrogens is 188 g/mol. The molecule has 0 amide bonds. The number of hydrogen-bond donors (Lipinski definition) is 1. The highest BCUT2D eigenvalue weighted by Gasteiger charge is 2.58. The minimum absolute atomic E-state index is 0.0651. The number of nitrogens with one attached hydrogen (secondary N) is 1. The first-order valence-electron chi connectivity index (χ1n) is 5.24.